The lowest BCUT2D eigenvalue weighted by molar-refractivity contribution is -0.142. The lowest BCUT2D eigenvalue weighted by atomic mass is 10.1. The molecule has 3 aromatic rings. The average molecular weight is 408 g/mol. The number of rotatable bonds is 4. The Morgan fingerprint density at radius 3 is 2.75 bits per heavy atom. The Morgan fingerprint density at radius 2 is 2.00 bits per heavy atom. The first-order valence-corrected chi connectivity index (χ1v) is 8.88. The van der Waals surface area contributed by atoms with Crippen molar-refractivity contribution >= 4 is 39.1 Å². The van der Waals surface area contributed by atoms with E-state index in [0.717, 1.165) is 28.4 Å². The van der Waals surface area contributed by atoms with Crippen molar-refractivity contribution < 1.29 is 32.6 Å². The first-order chi connectivity index (χ1) is 13.3. The molecule has 6 nitrogen and oxygen atoms in total. The van der Waals surface area contributed by atoms with E-state index in [0.29, 0.717) is 0 Å². The minimum atomic E-state index is -1.41. The van der Waals surface area contributed by atoms with Crippen LogP contribution < -0.4 is 9.64 Å². The average Bonchev–Trinajstić information content (AvgIpc) is 3.06. The van der Waals surface area contributed by atoms with Crippen molar-refractivity contribution in [1.29, 1.82) is 0 Å². The molecule has 28 heavy (non-hydrogen) atoms. The van der Waals surface area contributed by atoms with Gasteiger partial charge in [-0.15, -0.1) is 11.3 Å². The van der Waals surface area contributed by atoms with E-state index in [9.17, 15) is 22.8 Å². The van der Waals surface area contributed by atoms with Crippen molar-refractivity contribution in [3.05, 3.63) is 52.8 Å². The van der Waals surface area contributed by atoms with E-state index in [-0.39, 0.29) is 33.2 Å². The van der Waals surface area contributed by atoms with Crippen LogP contribution in [0, 0.1) is 17.5 Å². The van der Waals surface area contributed by atoms with E-state index in [1.807, 2.05) is 0 Å². The Balaban J connectivity index is 1.75. The number of carboxylic acids is 1. The third-order valence-corrected chi connectivity index (χ3v) is 5.23. The van der Waals surface area contributed by atoms with E-state index in [1.165, 1.54) is 18.2 Å². The number of hydrogen-bond acceptors (Lipinski definition) is 5. The SMILES string of the molecule is O=C(O)CC1Oc2c(F)cccc2N(Cc2nc3ccc(F)c(F)c3s2)C1=O. The van der Waals surface area contributed by atoms with Gasteiger partial charge in [0, 0.05) is 0 Å². The highest BCUT2D eigenvalue weighted by Gasteiger charge is 2.37. The summed E-state index contributed by atoms with van der Waals surface area (Å²) in [5.74, 6) is -5.01. The third kappa shape index (κ3) is 3.05. The van der Waals surface area contributed by atoms with Crippen LogP contribution in [-0.4, -0.2) is 28.1 Å². The molecule has 4 rings (SSSR count). The number of para-hydroxylation sites is 1. The zero-order chi connectivity index (χ0) is 20.0. The van der Waals surface area contributed by atoms with Gasteiger partial charge in [-0.2, -0.15) is 0 Å². The molecule has 1 aliphatic heterocycles. The number of carbonyl (C=O) groups excluding carboxylic acids is 1. The molecule has 0 spiro atoms. The number of benzene rings is 2. The predicted molar refractivity (Wildman–Crippen MR) is 93.8 cm³/mol. The predicted octanol–water partition coefficient (Wildman–Crippen LogP) is 3.48. The highest BCUT2D eigenvalue weighted by Crippen LogP contribution is 2.38. The molecule has 1 unspecified atom stereocenters. The van der Waals surface area contributed by atoms with Gasteiger partial charge in [-0.25, -0.2) is 18.2 Å². The van der Waals surface area contributed by atoms with Crippen molar-refractivity contribution in [3.63, 3.8) is 0 Å². The summed E-state index contributed by atoms with van der Waals surface area (Å²) in [6.07, 6.45) is -2.06. The van der Waals surface area contributed by atoms with Crippen LogP contribution in [0.25, 0.3) is 10.2 Å². The van der Waals surface area contributed by atoms with Gasteiger partial charge in [-0.1, -0.05) is 6.07 Å². The first kappa shape index (κ1) is 18.2. The van der Waals surface area contributed by atoms with Crippen molar-refractivity contribution in [2.45, 2.75) is 19.1 Å². The second kappa shape index (κ2) is 6.79. The van der Waals surface area contributed by atoms with Gasteiger partial charge in [-0.3, -0.25) is 14.5 Å². The van der Waals surface area contributed by atoms with Crippen molar-refractivity contribution in [2.75, 3.05) is 4.90 Å². The highest BCUT2D eigenvalue weighted by molar-refractivity contribution is 7.18. The summed E-state index contributed by atoms with van der Waals surface area (Å²) in [5, 5.41) is 9.27. The molecule has 2 heterocycles. The third-order valence-electron chi connectivity index (χ3n) is 4.19. The zero-order valence-corrected chi connectivity index (χ0v) is 14.8. The van der Waals surface area contributed by atoms with Gasteiger partial charge < -0.3 is 9.84 Å². The first-order valence-electron chi connectivity index (χ1n) is 8.07. The van der Waals surface area contributed by atoms with Gasteiger partial charge >= 0.3 is 5.97 Å². The smallest absolute Gasteiger partial charge is 0.307 e. The maximum Gasteiger partial charge on any atom is 0.307 e. The molecular weight excluding hydrogens is 397 g/mol. The molecule has 0 saturated carbocycles. The fourth-order valence-electron chi connectivity index (χ4n) is 2.95. The largest absolute Gasteiger partial charge is 0.481 e. The van der Waals surface area contributed by atoms with E-state index in [4.69, 9.17) is 9.84 Å². The number of hydrogen-bond donors (Lipinski definition) is 1. The van der Waals surface area contributed by atoms with Crippen LogP contribution in [0.3, 0.4) is 0 Å². The molecule has 2 aromatic carbocycles. The van der Waals surface area contributed by atoms with Crippen LogP contribution in [0.2, 0.25) is 0 Å². The summed E-state index contributed by atoms with van der Waals surface area (Å²) >= 11 is 0.857. The standard InChI is InChI=1S/C18H11F3N2O4S/c19-8-4-5-10-17(15(8)21)28-13(22-10)7-23-11-3-1-2-9(20)16(11)27-12(18(23)26)6-14(24)25/h1-5,12H,6-7H2,(H,24,25). The number of fused-ring (bicyclic) bond motifs is 2. The second-order valence-corrected chi connectivity index (χ2v) is 7.12. The molecule has 1 atom stereocenters. The fourth-order valence-corrected chi connectivity index (χ4v) is 3.93. The molecular formula is C18H11F3N2O4S. The van der Waals surface area contributed by atoms with Crippen molar-refractivity contribution in [3.8, 4) is 5.75 Å². The van der Waals surface area contributed by atoms with Crippen LogP contribution in [0.4, 0.5) is 18.9 Å². The maximum atomic E-state index is 14.2. The van der Waals surface area contributed by atoms with Crippen LogP contribution in [0.1, 0.15) is 11.4 Å². The number of aliphatic carboxylic acids is 1. The number of carbonyl (C=O) groups is 2. The maximum absolute atomic E-state index is 14.2. The molecule has 1 amide bonds. The molecule has 0 saturated heterocycles. The van der Waals surface area contributed by atoms with Gasteiger partial charge in [0.25, 0.3) is 5.91 Å². The minimum Gasteiger partial charge on any atom is -0.481 e. The minimum absolute atomic E-state index is 0.00254. The van der Waals surface area contributed by atoms with E-state index in [1.54, 1.807) is 0 Å². The molecule has 10 heteroatoms. The summed E-state index contributed by atoms with van der Waals surface area (Å²) in [4.78, 5) is 29.1. The van der Waals surface area contributed by atoms with E-state index < -0.39 is 41.9 Å². The summed E-state index contributed by atoms with van der Waals surface area (Å²) in [6.45, 7) is -0.171. The van der Waals surface area contributed by atoms with Gasteiger partial charge in [0.2, 0.25) is 0 Å². The summed E-state index contributed by atoms with van der Waals surface area (Å²) in [6, 6.07) is 6.22. The number of ether oxygens (including phenoxy) is 1. The molecule has 0 radical (unpaired) electrons. The monoisotopic (exact) mass is 408 g/mol. The normalized spacial score (nSPS) is 16.2. The Hall–Kier alpha value is -3.14. The topological polar surface area (TPSA) is 79.7 Å². The molecule has 0 aliphatic carbocycles. The number of thiazole rings is 1. The van der Waals surface area contributed by atoms with Gasteiger partial charge in [0.1, 0.15) is 5.01 Å². The van der Waals surface area contributed by atoms with E-state index >= 15 is 0 Å². The molecule has 1 aromatic heterocycles. The number of amides is 1. The molecule has 1 aliphatic rings. The number of aromatic nitrogens is 1. The van der Waals surface area contributed by atoms with Crippen molar-refractivity contribution in [2.24, 2.45) is 0 Å². The molecule has 144 valence electrons. The Bertz CT molecular complexity index is 1120. The highest BCUT2D eigenvalue weighted by atomic mass is 32.1. The van der Waals surface area contributed by atoms with Crippen LogP contribution in [0.15, 0.2) is 30.3 Å². The number of carboxylic acid groups (broad SMARTS) is 1. The Morgan fingerprint density at radius 1 is 1.21 bits per heavy atom. The Kier molecular flexibility index (Phi) is 4.42. The van der Waals surface area contributed by atoms with Gasteiger partial charge in [-0.05, 0) is 24.3 Å². The molecule has 0 bridgehead atoms. The van der Waals surface area contributed by atoms with Gasteiger partial charge in [0.05, 0.1) is 28.9 Å². The Labute approximate surface area is 159 Å². The zero-order valence-electron chi connectivity index (χ0n) is 14.0. The van der Waals surface area contributed by atoms with Crippen LogP contribution in [0.5, 0.6) is 5.75 Å². The van der Waals surface area contributed by atoms with Crippen LogP contribution >= 0.6 is 11.3 Å². The number of nitrogens with zero attached hydrogens (tertiary/aromatic N) is 2. The van der Waals surface area contributed by atoms with Crippen molar-refractivity contribution in [1.82, 2.24) is 4.98 Å². The summed E-state index contributed by atoms with van der Waals surface area (Å²) in [5.41, 5.74) is 0.332. The quantitative estimate of drug-likeness (QED) is 0.715. The summed E-state index contributed by atoms with van der Waals surface area (Å²) in [7, 11) is 0. The lowest BCUT2D eigenvalue weighted by Gasteiger charge is -2.33. The van der Waals surface area contributed by atoms with Crippen LogP contribution in [-0.2, 0) is 16.1 Å². The van der Waals surface area contributed by atoms with Gasteiger partial charge in [0.15, 0.2) is 29.3 Å². The number of anilines is 1. The lowest BCUT2D eigenvalue weighted by Crippen LogP contribution is -2.46. The summed E-state index contributed by atoms with van der Waals surface area (Å²) < 4.78 is 46.8. The molecule has 0 fully saturated rings. The number of halogens is 3. The second-order valence-electron chi connectivity index (χ2n) is 6.03. The fraction of sp³-hybridized carbons (Fsp3) is 0.167. The van der Waals surface area contributed by atoms with E-state index in [2.05, 4.69) is 4.98 Å². The molecule has 1 N–H and O–H groups in total.